The molecule has 2 heterocycles. The second-order valence-corrected chi connectivity index (χ2v) is 7.75. The highest BCUT2D eigenvalue weighted by Crippen LogP contribution is 2.37. The lowest BCUT2D eigenvalue weighted by Crippen LogP contribution is -2.38. The number of likely N-dealkylation sites (tertiary alicyclic amines) is 1. The van der Waals surface area contributed by atoms with Crippen molar-refractivity contribution >= 4 is 39.1 Å². The molecule has 1 aliphatic rings. The maximum absolute atomic E-state index is 13.6. The summed E-state index contributed by atoms with van der Waals surface area (Å²) in [5, 5.41) is 0.778. The molecular formula is C19H15ClF2N2OS. The first-order valence-corrected chi connectivity index (χ1v) is 9.55. The molecule has 0 spiro atoms. The van der Waals surface area contributed by atoms with Gasteiger partial charge in [-0.2, -0.15) is 0 Å². The summed E-state index contributed by atoms with van der Waals surface area (Å²) in [6.45, 7) is 0.536. The van der Waals surface area contributed by atoms with Gasteiger partial charge in [-0.3, -0.25) is 4.79 Å². The van der Waals surface area contributed by atoms with E-state index in [0.717, 1.165) is 46.6 Å². The molecule has 0 radical (unpaired) electrons. The van der Waals surface area contributed by atoms with E-state index in [2.05, 4.69) is 4.98 Å². The van der Waals surface area contributed by atoms with E-state index < -0.39 is 17.5 Å². The number of hydrogen-bond donors (Lipinski definition) is 0. The fourth-order valence-corrected chi connectivity index (χ4v) is 4.65. The molecule has 1 aliphatic heterocycles. The number of carbonyl (C=O) groups excluding carboxylic acids is 1. The molecule has 3 nitrogen and oxygen atoms in total. The van der Waals surface area contributed by atoms with Crippen molar-refractivity contribution in [2.75, 3.05) is 6.54 Å². The van der Waals surface area contributed by atoms with Crippen LogP contribution in [-0.2, 0) is 0 Å². The second kappa shape index (κ2) is 6.93. The minimum Gasteiger partial charge on any atom is -0.329 e. The van der Waals surface area contributed by atoms with Crippen LogP contribution in [0.3, 0.4) is 0 Å². The van der Waals surface area contributed by atoms with Crippen LogP contribution in [0.15, 0.2) is 36.4 Å². The maximum atomic E-state index is 13.6. The van der Waals surface area contributed by atoms with Crippen LogP contribution < -0.4 is 0 Å². The van der Waals surface area contributed by atoms with Gasteiger partial charge < -0.3 is 4.90 Å². The van der Waals surface area contributed by atoms with E-state index in [9.17, 15) is 13.6 Å². The Balaban J connectivity index is 1.71. The summed E-state index contributed by atoms with van der Waals surface area (Å²) in [5.74, 6) is -2.53. The van der Waals surface area contributed by atoms with Crippen LogP contribution in [0.4, 0.5) is 8.78 Å². The molecule has 1 aromatic heterocycles. The number of fused-ring (bicyclic) bond motifs is 1. The number of benzene rings is 2. The molecule has 1 atom stereocenters. The number of amides is 1. The zero-order valence-corrected chi connectivity index (χ0v) is 15.3. The Labute approximate surface area is 158 Å². The summed E-state index contributed by atoms with van der Waals surface area (Å²) < 4.78 is 28.0. The van der Waals surface area contributed by atoms with Gasteiger partial charge in [-0.15, -0.1) is 11.3 Å². The van der Waals surface area contributed by atoms with Crippen molar-refractivity contribution in [3.63, 3.8) is 0 Å². The fraction of sp³-hybridized carbons (Fsp3) is 0.263. The van der Waals surface area contributed by atoms with Crippen LogP contribution in [-0.4, -0.2) is 22.3 Å². The van der Waals surface area contributed by atoms with E-state index in [0.29, 0.717) is 6.54 Å². The van der Waals surface area contributed by atoms with Gasteiger partial charge in [-0.05, 0) is 43.5 Å². The average molecular weight is 393 g/mol. The topological polar surface area (TPSA) is 33.2 Å². The van der Waals surface area contributed by atoms with Crippen LogP contribution in [0.2, 0.25) is 5.02 Å². The first kappa shape index (κ1) is 17.4. The molecule has 0 aliphatic carbocycles. The monoisotopic (exact) mass is 392 g/mol. The minimum atomic E-state index is -1.08. The Morgan fingerprint density at radius 2 is 1.96 bits per heavy atom. The van der Waals surface area contributed by atoms with Crippen molar-refractivity contribution < 1.29 is 13.6 Å². The van der Waals surface area contributed by atoms with Crippen molar-refractivity contribution in [2.24, 2.45) is 0 Å². The van der Waals surface area contributed by atoms with E-state index in [1.165, 1.54) is 0 Å². The van der Waals surface area contributed by atoms with E-state index in [1.807, 2.05) is 24.3 Å². The lowest BCUT2D eigenvalue weighted by atomic mass is 10.0. The third-order valence-electron chi connectivity index (χ3n) is 4.60. The number of rotatable bonds is 2. The predicted molar refractivity (Wildman–Crippen MR) is 98.6 cm³/mol. The Bertz CT molecular complexity index is 958. The van der Waals surface area contributed by atoms with Crippen molar-refractivity contribution in [3.05, 3.63) is 63.6 Å². The number of nitrogens with zero attached hydrogens (tertiary/aromatic N) is 2. The smallest absolute Gasteiger partial charge is 0.256 e. The van der Waals surface area contributed by atoms with Gasteiger partial charge in [-0.1, -0.05) is 23.7 Å². The summed E-state index contributed by atoms with van der Waals surface area (Å²) in [5.41, 5.74) is 0.884. The van der Waals surface area contributed by atoms with Gasteiger partial charge in [0.15, 0.2) is 11.6 Å². The highest BCUT2D eigenvalue weighted by atomic mass is 35.5. The summed E-state index contributed by atoms with van der Waals surface area (Å²) in [7, 11) is 0. The van der Waals surface area contributed by atoms with Gasteiger partial charge in [0.1, 0.15) is 5.01 Å². The van der Waals surface area contributed by atoms with Gasteiger partial charge in [0.25, 0.3) is 5.91 Å². The van der Waals surface area contributed by atoms with Crippen LogP contribution in [0.1, 0.15) is 40.7 Å². The molecule has 0 unspecified atom stereocenters. The highest BCUT2D eigenvalue weighted by Gasteiger charge is 2.32. The van der Waals surface area contributed by atoms with E-state index >= 15 is 0 Å². The van der Waals surface area contributed by atoms with Crippen molar-refractivity contribution in [3.8, 4) is 0 Å². The standard InChI is InChI=1S/C19H15ClF2N2OS/c20-12-10-14(22)13(21)9-11(12)19(25)24-8-4-3-6-16(24)18-23-15-5-1-2-7-17(15)26-18/h1-2,5,7,9-10,16H,3-4,6,8H2/t16-/m1/s1. The Morgan fingerprint density at radius 3 is 2.77 bits per heavy atom. The zero-order valence-electron chi connectivity index (χ0n) is 13.7. The number of para-hydroxylation sites is 1. The fourth-order valence-electron chi connectivity index (χ4n) is 3.31. The van der Waals surface area contributed by atoms with Crippen molar-refractivity contribution in [1.82, 2.24) is 9.88 Å². The molecule has 26 heavy (non-hydrogen) atoms. The maximum Gasteiger partial charge on any atom is 0.256 e. The predicted octanol–water partition coefficient (Wildman–Crippen LogP) is 5.60. The highest BCUT2D eigenvalue weighted by molar-refractivity contribution is 7.18. The molecule has 0 saturated carbocycles. The summed E-state index contributed by atoms with van der Waals surface area (Å²) >= 11 is 7.56. The number of halogens is 3. The minimum absolute atomic E-state index is 0.0152. The number of piperidine rings is 1. The molecule has 2 aromatic carbocycles. The van der Waals surface area contributed by atoms with Crippen molar-refractivity contribution in [2.45, 2.75) is 25.3 Å². The average Bonchev–Trinajstić information content (AvgIpc) is 3.08. The number of hydrogen-bond acceptors (Lipinski definition) is 3. The van der Waals surface area contributed by atoms with Gasteiger partial charge in [-0.25, -0.2) is 13.8 Å². The number of aromatic nitrogens is 1. The molecule has 7 heteroatoms. The molecule has 0 bridgehead atoms. The van der Waals surface area contributed by atoms with Gasteiger partial charge in [0.2, 0.25) is 0 Å². The summed E-state index contributed by atoms with van der Waals surface area (Å²) in [6.07, 6.45) is 2.62. The van der Waals surface area contributed by atoms with Crippen molar-refractivity contribution in [1.29, 1.82) is 0 Å². The number of thiazole rings is 1. The Kier molecular flexibility index (Phi) is 4.63. The zero-order chi connectivity index (χ0) is 18.3. The quantitative estimate of drug-likeness (QED) is 0.532. The second-order valence-electron chi connectivity index (χ2n) is 6.28. The normalized spacial score (nSPS) is 17.7. The van der Waals surface area contributed by atoms with E-state index in [1.54, 1.807) is 16.2 Å². The van der Waals surface area contributed by atoms with E-state index in [-0.39, 0.29) is 16.6 Å². The molecule has 3 aromatic rings. The summed E-state index contributed by atoms with van der Waals surface area (Å²) in [4.78, 5) is 19.4. The first-order chi connectivity index (χ1) is 12.5. The van der Waals surface area contributed by atoms with Crippen LogP contribution >= 0.6 is 22.9 Å². The Morgan fingerprint density at radius 1 is 1.19 bits per heavy atom. The largest absolute Gasteiger partial charge is 0.329 e. The van der Waals surface area contributed by atoms with Crippen LogP contribution in [0.5, 0.6) is 0 Å². The molecule has 134 valence electrons. The first-order valence-electron chi connectivity index (χ1n) is 8.35. The van der Waals surface area contributed by atoms with Gasteiger partial charge >= 0.3 is 0 Å². The third kappa shape index (κ3) is 3.08. The molecule has 0 N–H and O–H groups in total. The molecule has 4 rings (SSSR count). The van der Waals surface area contributed by atoms with E-state index in [4.69, 9.17) is 11.6 Å². The molecule has 1 fully saturated rings. The van der Waals surface area contributed by atoms with Gasteiger partial charge in [0, 0.05) is 6.54 Å². The van der Waals surface area contributed by atoms with Crippen LogP contribution in [0.25, 0.3) is 10.2 Å². The van der Waals surface area contributed by atoms with Gasteiger partial charge in [0.05, 0.1) is 26.8 Å². The summed E-state index contributed by atoms with van der Waals surface area (Å²) in [6, 6.07) is 9.36. The molecular weight excluding hydrogens is 378 g/mol. The Hall–Kier alpha value is -2.05. The lowest BCUT2D eigenvalue weighted by molar-refractivity contribution is 0.0611. The molecule has 1 amide bonds. The number of carbonyl (C=O) groups is 1. The SMILES string of the molecule is O=C(c1cc(F)c(F)cc1Cl)N1CCCC[C@@H]1c1nc2ccccc2s1. The van der Waals surface area contributed by atoms with Crippen LogP contribution in [0, 0.1) is 11.6 Å². The lowest BCUT2D eigenvalue weighted by Gasteiger charge is -2.34. The third-order valence-corrected chi connectivity index (χ3v) is 6.05. The molecule has 1 saturated heterocycles.